The van der Waals surface area contributed by atoms with Crippen LogP contribution in [-0.2, 0) is 30.9 Å². The Hall–Kier alpha value is -1.02. The Morgan fingerprint density at radius 2 is 1.60 bits per heavy atom. The van der Waals surface area contributed by atoms with Crippen LogP contribution in [0.4, 0.5) is 0 Å². The minimum Gasteiger partial charge on any atom is -0.371 e. The van der Waals surface area contributed by atoms with E-state index in [4.69, 9.17) is 18.9 Å². The molecule has 0 amide bonds. The van der Waals surface area contributed by atoms with E-state index >= 15 is 0 Å². The van der Waals surface area contributed by atoms with E-state index in [-0.39, 0.29) is 47.1 Å². The molecule has 0 bridgehead atoms. The van der Waals surface area contributed by atoms with Gasteiger partial charge in [0, 0.05) is 11.6 Å². The lowest BCUT2D eigenvalue weighted by Crippen LogP contribution is -2.60. The number of hydrogen-bond acceptors (Lipinski definition) is 6. The molecule has 2 rings (SSSR count). The maximum atomic E-state index is 6.50. The number of ether oxygens (including phenoxy) is 4. The lowest BCUT2D eigenvalue weighted by molar-refractivity contribution is -0.273. The Labute approximate surface area is 182 Å². The van der Waals surface area contributed by atoms with Crippen LogP contribution in [0.3, 0.4) is 0 Å². The quantitative estimate of drug-likeness (QED) is 0.682. The van der Waals surface area contributed by atoms with Gasteiger partial charge in [0.2, 0.25) is 0 Å². The molecule has 0 aliphatic carbocycles. The summed E-state index contributed by atoms with van der Waals surface area (Å²) in [6.45, 7) is 23.8. The predicted octanol–water partition coefficient (Wildman–Crippen LogP) is 4.14. The third-order valence-electron chi connectivity index (χ3n) is 4.63. The van der Waals surface area contributed by atoms with Crippen LogP contribution in [0.25, 0.3) is 0 Å². The molecule has 0 N–H and O–H groups in total. The molecule has 0 unspecified atom stereocenters. The topological polar surface area (TPSA) is 67.6 Å². The molecule has 1 saturated heterocycles. The van der Waals surface area contributed by atoms with Gasteiger partial charge in [-0.25, -0.2) is 4.68 Å². The van der Waals surface area contributed by atoms with E-state index in [9.17, 15) is 0 Å². The maximum Gasteiger partial charge on any atom is 0.115 e. The predicted molar refractivity (Wildman–Crippen MR) is 118 cm³/mol. The smallest absolute Gasteiger partial charge is 0.115 e. The largest absolute Gasteiger partial charge is 0.371 e. The summed E-state index contributed by atoms with van der Waals surface area (Å²) in [5.41, 5.74) is 0.257. The summed E-state index contributed by atoms with van der Waals surface area (Å²) in [6, 6.07) is 0. The maximum absolute atomic E-state index is 6.50. The Morgan fingerprint density at radius 3 is 2.07 bits per heavy atom. The summed E-state index contributed by atoms with van der Waals surface area (Å²) in [5.74, 6) is 0. The molecule has 1 aliphatic heterocycles. The van der Waals surface area contributed by atoms with Gasteiger partial charge < -0.3 is 18.9 Å². The van der Waals surface area contributed by atoms with Crippen molar-refractivity contribution in [2.75, 3.05) is 6.61 Å². The number of rotatable bonds is 6. The molecular formula is C23H43N3O4. The van der Waals surface area contributed by atoms with Crippen molar-refractivity contribution in [1.82, 2.24) is 15.0 Å². The minimum absolute atomic E-state index is 0.0291. The molecule has 4 atom stereocenters. The summed E-state index contributed by atoms with van der Waals surface area (Å²) in [5, 5.41) is 8.67. The zero-order valence-electron chi connectivity index (χ0n) is 20.9. The summed E-state index contributed by atoms with van der Waals surface area (Å²) in [4.78, 5) is 0. The van der Waals surface area contributed by atoms with E-state index in [1.54, 1.807) is 0 Å². The summed E-state index contributed by atoms with van der Waals surface area (Å²) >= 11 is 0. The lowest BCUT2D eigenvalue weighted by Gasteiger charge is -2.46. The summed E-state index contributed by atoms with van der Waals surface area (Å²) in [7, 11) is 0. The third-order valence-corrected chi connectivity index (χ3v) is 4.63. The van der Waals surface area contributed by atoms with E-state index in [0.29, 0.717) is 13.2 Å². The monoisotopic (exact) mass is 425 g/mol. The zero-order valence-corrected chi connectivity index (χ0v) is 20.9. The first kappa shape index (κ1) is 25.2. The molecule has 30 heavy (non-hydrogen) atoms. The van der Waals surface area contributed by atoms with Crippen molar-refractivity contribution in [1.29, 1.82) is 0 Å². The van der Waals surface area contributed by atoms with E-state index in [0.717, 1.165) is 5.69 Å². The van der Waals surface area contributed by atoms with Crippen molar-refractivity contribution in [2.24, 2.45) is 0 Å². The standard InChI is InChI=1S/C23H43N3O4/c1-15(2)28-19-16(12-26-13-18(24-25-26)21(3,4)5)27-14-17(29-22(6,7)8)20(19)30-23(9,10)11/h13,15-17,19-20H,12,14H2,1-11H3/t16-,17+,19-,20-/m1/s1. The highest BCUT2D eigenvalue weighted by Crippen LogP contribution is 2.31. The van der Waals surface area contributed by atoms with Crippen molar-refractivity contribution in [2.45, 2.75) is 130 Å². The highest BCUT2D eigenvalue weighted by molar-refractivity contribution is 5.06. The van der Waals surface area contributed by atoms with E-state index in [1.165, 1.54) is 0 Å². The van der Waals surface area contributed by atoms with Gasteiger partial charge in [-0.2, -0.15) is 0 Å². The fraction of sp³-hybridized carbons (Fsp3) is 0.913. The van der Waals surface area contributed by atoms with Crippen molar-refractivity contribution in [3.05, 3.63) is 11.9 Å². The van der Waals surface area contributed by atoms with Gasteiger partial charge in [0.15, 0.2) is 0 Å². The van der Waals surface area contributed by atoms with Crippen LogP contribution in [0.15, 0.2) is 6.20 Å². The molecule has 7 heteroatoms. The van der Waals surface area contributed by atoms with Gasteiger partial charge in [0.25, 0.3) is 0 Å². The highest BCUT2D eigenvalue weighted by Gasteiger charge is 2.46. The van der Waals surface area contributed by atoms with Gasteiger partial charge in [0.1, 0.15) is 24.4 Å². The van der Waals surface area contributed by atoms with Crippen molar-refractivity contribution < 1.29 is 18.9 Å². The van der Waals surface area contributed by atoms with Gasteiger partial charge in [-0.05, 0) is 55.4 Å². The molecule has 1 aliphatic rings. The Bertz CT molecular complexity index is 667. The van der Waals surface area contributed by atoms with Crippen molar-refractivity contribution in [3.8, 4) is 0 Å². The molecule has 0 saturated carbocycles. The van der Waals surface area contributed by atoms with Gasteiger partial charge in [0.05, 0.1) is 36.2 Å². The van der Waals surface area contributed by atoms with Gasteiger partial charge in [-0.1, -0.05) is 26.0 Å². The fourth-order valence-corrected chi connectivity index (χ4v) is 3.49. The number of nitrogens with zero attached hydrogens (tertiary/aromatic N) is 3. The van der Waals surface area contributed by atoms with Crippen molar-refractivity contribution in [3.63, 3.8) is 0 Å². The SMILES string of the molecule is CC(C)O[C@H]1[C@H](OC(C)(C)C)[C@@H](OC(C)(C)C)CO[C@@H]1Cn1cc(C(C)(C)C)nn1. The molecule has 1 fully saturated rings. The molecule has 1 aromatic rings. The first-order valence-electron chi connectivity index (χ1n) is 11.1. The average molecular weight is 426 g/mol. The highest BCUT2D eigenvalue weighted by atomic mass is 16.6. The normalized spacial score (nSPS) is 26.4. The van der Waals surface area contributed by atoms with Crippen molar-refractivity contribution >= 4 is 0 Å². The zero-order chi connectivity index (χ0) is 22.9. The summed E-state index contributed by atoms with van der Waals surface area (Å²) < 4.78 is 27.3. The molecule has 0 spiro atoms. The van der Waals surface area contributed by atoms with Crippen LogP contribution < -0.4 is 0 Å². The fourth-order valence-electron chi connectivity index (χ4n) is 3.49. The molecule has 174 valence electrons. The van der Waals surface area contributed by atoms with Crippen LogP contribution in [0, 0.1) is 0 Å². The lowest BCUT2D eigenvalue weighted by atomic mass is 9.93. The Kier molecular flexibility index (Phi) is 7.76. The molecular weight excluding hydrogens is 382 g/mol. The summed E-state index contributed by atoms with van der Waals surface area (Å²) in [6.07, 6.45) is 1.05. The Balaban J connectivity index is 2.30. The number of hydrogen-bond donors (Lipinski definition) is 0. The number of aromatic nitrogens is 3. The average Bonchev–Trinajstić information content (AvgIpc) is 2.99. The van der Waals surface area contributed by atoms with E-state index < -0.39 is 0 Å². The third kappa shape index (κ3) is 7.59. The molecule has 1 aromatic heterocycles. The van der Waals surface area contributed by atoms with Gasteiger partial charge >= 0.3 is 0 Å². The molecule has 0 radical (unpaired) electrons. The van der Waals surface area contributed by atoms with Crippen LogP contribution in [-0.4, -0.2) is 63.3 Å². The molecule has 7 nitrogen and oxygen atoms in total. The van der Waals surface area contributed by atoms with Crippen LogP contribution in [0.5, 0.6) is 0 Å². The minimum atomic E-state index is -0.336. The second kappa shape index (κ2) is 9.23. The van der Waals surface area contributed by atoms with Crippen LogP contribution in [0.1, 0.15) is 81.9 Å². The second-order valence-electron chi connectivity index (χ2n) is 11.6. The van der Waals surface area contributed by atoms with E-state index in [1.807, 2.05) is 24.7 Å². The van der Waals surface area contributed by atoms with Gasteiger partial charge in [-0.15, -0.1) is 5.10 Å². The van der Waals surface area contributed by atoms with Crippen LogP contribution >= 0.6 is 0 Å². The second-order valence-corrected chi connectivity index (χ2v) is 11.6. The van der Waals surface area contributed by atoms with Gasteiger partial charge in [-0.3, -0.25) is 0 Å². The first-order valence-corrected chi connectivity index (χ1v) is 11.1. The van der Waals surface area contributed by atoms with Crippen LogP contribution in [0.2, 0.25) is 0 Å². The molecule has 2 heterocycles. The molecule has 0 aromatic carbocycles. The Morgan fingerprint density at radius 1 is 1.00 bits per heavy atom. The van der Waals surface area contributed by atoms with E-state index in [2.05, 4.69) is 72.6 Å². The first-order chi connectivity index (χ1) is 13.5.